The molecule has 4 nitrogen and oxygen atoms in total. The molecule has 0 spiro atoms. The molecule has 6 heteroatoms. The van der Waals surface area contributed by atoms with Gasteiger partial charge in [-0.2, -0.15) is 0 Å². The van der Waals surface area contributed by atoms with Crippen molar-refractivity contribution >= 4 is 29.0 Å². The molecule has 3 aliphatic rings. The average molecular weight is 412 g/mol. The summed E-state index contributed by atoms with van der Waals surface area (Å²) in [5.74, 6) is 0.583. The third-order valence-electron chi connectivity index (χ3n) is 5.80. The first-order valence-electron chi connectivity index (χ1n) is 9.77. The maximum Gasteiger partial charge on any atom is 0.200 e. The predicted octanol–water partition coefficient (Wildman–Crippen LogP) is 4.80. The molecule has 3 fully saturated rings. The van der Waals surface area contributed by atoms with Crippen LogP contribution < -0.4 is 0 Å². The fraction of sp³-hybridized carbons (Fsp3) is 0.667. The first kappa shape index (κ1) is 19.7. The van der Waals surface area contributed by atoms with Crippen molar-refractivity contribution in [3.05, 3.63) is 33.8 Å². The standard InChI is InChI=1S/C21H27Cl2NO3/c1-20(2,3)27-19-18(26-19)24-10-8-21(9-11-24,17(25)13-4-5-13)14-6-7-15(22)16(23)12-14/h6-7,12-13,18-19H,4-5,8-11H2,1-3H3. The SMILES string of the molecule is CC(C)(C)OC1OC1N1CCC(C(=O)C2CC2)(c2ccc(Cl)c(Cl)c2)CC1. The van der Waals surface area contributed by atoms with Gasteiger partial charge in [0.05, 0.1) is 21.1 Å². The second-order valence-electron chi connectivity index (χ2n) is 9.01. The summed E-state index contributed by atoms with van der Waals surface area (Å²) in [6.45, 7) is 7.73. The lowest BCUT2D eigenvalue weighted by Crippen LogP contribution is -2.49. The second kappa shape index (κ2) is 7.00. The molecule has 0 N–H and O–H groups in total. The number of benzene rings is 1. The first-order chi connectivity index (χ1) is 12.7. The van der Waals surface area contributed by atoms with Crippen molar-refractivity contribution in [2.75, 3.05) is 13.1 Å². The van der Waals surface area contributed by atoms with Gasteiger partial charge in [0.1, 0.15) is 5.78 Å². The van der Waals surface area contributed by atoms with E-state index in [1.54, 1.807) is 0 Å². The van der Waals surface area contributed by atoms with Gasteiger partial charge in [-0.3, -0.25) is 9.69 Å². The van der Waals surface area contributed by atoms with Crippen LogP contribution in [0.2, 0.25) is 10.0 Å². The molecular formula is C21H27Cl2NO3. The number of halogens is 2. The van der Waals surface area contributed by atoms with E-state index in [9.17, 15) is 4.79 Å². The van der Waals surface area contributed by atoms with E-state index in [4.69, 9.17) is 32.7 Å². The van der Waals surface area contributed by atoms with Gasteiger partial charge in [-0.15, -0.1) is 0 Å². The van der Waals surface area contributed by atoms with E-state index in [0.29, 0.717) is 15.8 Å². The van der Waals surface area contributed by atoms with Gasteiger partial charge in [0.2, 0.25) is 0 Å². The molecule has 2 aliphatic heterocycles. The molecule has 27 heavy (non-hydrogen) atoms. The summed E-state index contributed by atoms with van der Waals surface area (Å²) in [6.07, 6.45) is 3.43. The van der Waals surface area contributed by atoms with Crippen LogP contribution in [0.15, 0.2) is 18.2 Å². The van der Waals surface area contributed by atoms with Crippen LogP contribution in [0.4, 0.5) is 0 Å². The number of Topliss-reactive ketones (excluding diaryl/α,β-unsaturated/α-hetero) is 1. The molecule has 0 aromatic heterocycles. The zero-order chi connectivity index (χ0) is 19.4. The minimum atomic E-state index is -0.457. The molecule has 148 valence electrons. The first-order valence-corrected chi connectivity index (χ1v) is 10.5. The fourth-order valence-corrected chi connectivity index (χ4v) is 4.45. The fourth-order valence-electron chi connectivity index (χ4n) is 4.15. The highest BCUT2D eigenvalue weighted by molar-refractivity contribution is 6.42. The van der Waals surface area contributed by atoms with Crippen molar-refractivity contribution < 1.29 is 14.3 Å². The number of hydrogen-bond donors (Lipinski definition) is 0. The summed E-state index contributed by atoms with van der Waals surface area (Å²) < 4.78 is 11.7. The van der Waals surface area contributed by atoms with Gasteiger partial charge in [-0.25, -0.2) is 0 Å². The van der Waals surface area contributed by atoms with Gasteiger partial charge in [0.15, 0.2) is 12.5 Å². The summed E-state index contributed by atoms with van der Waals surface area (Å²) in [6, 6.07) is 5.67. The normalized spacial score (nSPS) is 28.2. The number of hydrogen-bond acceptors (Lipinski definition) is 4. The lowest BCUT2D eigenvalue weighted by Gasteiger charge is -2.41. The van der Waals surface area contributed by atoms with E-state index in [2.05, 4.69) is 4.90 Å². The molecule has 1 saturated carbocycles. The van der Waals surface area contributed by atoms with Crippen molar-refractivity contribution in [3.63, 3.8) is 0 Å². The summed E-state index contributed by atoms with van der Waals surface area (Å²) in [7, 11) is 0. The topological polar surface area (TPSA) is 42.1 Å². The number of epoxide rings is 1. The van der Waals surface area contributed by atoms with Crippen LogP contribution >= 0.6 is 23.2 Å². The van der Waals surface area contributed by atoms with E-state index in [1.807, 2.05) is 39.0 Å². The second-order valence-corrected chi connectivity index (χ2v) is 9.83. The molecule has 0 bridgehead atoms. The number of carbonyl (C=O) groups is 1. The molecule has 1 aliphatic carbocycles. The van der Waals surface area contributed by atoms with Crippen LogP contribution in [0, 0.1) is 5.92 Å². The Balaban J connectivity index is 1.50. The predicted molar refractivity (Wildman–Crippen MR) is 106 cm³/mol. The summed E-state index contributed by atoms with van der Waals surface area (Å²) in [5, 5.41) is 1.05. The maximum atomic E-state index is 13.3. The smallest absolute Gasteiger partial charge is 0.200 e. The van der Waals surface area contributed by atoms with Crippen LogP contribution in [0.3, 0.4) is 0 Å². The minimum absolute atomic E-state index is 0.00654. The van der Waals surface area contributed by atoms with E-state index < -0.39 is 5.41 Å². The highest BCUT2D eigenvalue weighted by atomic mass is 35.5. The molecule has 2 unspecified atom stereocenters. The highest BCUT2D eigenvalue weighted by Crippen LogP contribution is 2.47. The number of ether oxygens (including phenoxy) is 2. The van der Waals surface area contributed by atoms with Gasteiger partial charge in [-0.05, 0) is 64.2 Å². The third-order valence-corrected chi connectivity index (χ3v) is 6.54. The van der Waals surface area contributed by atoms with E-state index >= 15 is 0 Å². The molecule has 2 atom stereocenters. The number of ketones is 1. The summed E-state index contributed by atoms with van der Waals surface area (Å²) >= 11 is 12.4. The molecule has 1 aromatic carbocycles. The van der Waals surface area contributed by atoms with Crippen LogP contribution in [-0.2, 0) is 19.7 Å². The number of nitrogens with zero attached hydrogens (tertiary/aromatic N) is 1. The number of carbonyl (C=O) groups excluding carboxylic acids is 1. The van der Waals surface area contributed by atoms with Gasteiger partial charge >= 0.3 is 0 Å². The zero-order valence-electron chi connectivity index (χ0n) is 16.1. The van der Waals surface area contributed by atoms with Crippen LogP contribution in [0.25, 0.3) is 0 Å². The van der Waals surface area contributed by atoms with Gasteiger partial charge < -0.3 is 9.47 Å². The van der Waals surface area contributed by atoms with Crippen molar-refractivity contribution in [1.29, 1.82) is 0 Å². The van der Waals surface area contributed by atoms with Gasteiger partial charge in [0, 0.05) is 19.0 Å². The monoisotopic (exact) mass is 411 g/mol. The zero-order valence-corrected chi connectivity index (χ0v) is 17.6. The Morgan fingerprint density at radius 3 is 2.41 bits per heavy atom. The van der Waals surface area contributed by atoms with Crippen LogP contribution in [0.5, 0.6) is 0 Å². The quantitative estimate of drug-likeness (QED) is 0.652. The Labute approximate surface area is 171 Å². The number of likely N-dealkylation sites (tertiary alicyclic amines) is 1. The van der Waals surface area contributed by atoms with Crippen LogP contribution in [-0.4, -0.2) is 41.9 Å². The highest BCUT2D eigenvalue weighted by Gasteiger charge is 2.53. The Kier molecular flexibility index (Phi) is 5.09. The lowest BCUT2D eigenvalue weighted by atomic mass is 9.68. The molecule has 2 heterocycles. The molecule has 4 rings (SSSR count). The Bertz CT molecular complexity index is 733. The van der Waals surface area contributed by atoms with E-state index in [-0.39, 0.29) is 24.0 Å². The summed E-state index contributed by atoms with van der Waals surface area (Å²) in [4.78, 5) is 15.6. The van der Waals surface area contributed by atoms with Gasteiger partial charge in [0.25, 0.3) is 0 Å². The Morgan fingerprint density at radius 2 is 1.85 bits per heavy atom. The molecule has 2 saturated heterocycles. The largest absolute Gasteiger partial charge is 0.343 e. The van der Waals surface area contributed by atoms with Gasteiger partial charge in [-0.1, -0.05) is 29.3 Å². The molecule has 0 radical (unpaired) electrons. The van der Waals surface area contributed by atoms with Crippen molar-refractivity contribution in [1.82, 2.24) is 4.90 Å². The molecule has 0 amide bonds. The average Bonchev–Trinajstić information content (AvgIpc) is 3.50. The number of piperidine rings is 1. The van der Waals surface area contributed by atoms with Crippen molar-refractivity contribution in [2.45, 2.75) is 70.0 Å². The summed E-state index contributed by atoms with van der Waals surface area (Å²) in [5.41, 5.74) is 0.329. The maximum absolute atomic E-state index is 13.3. The minimum Gasteiger partial charge on any atom is -0.343 e. The van der Waals surface area contributed by atoms with Crippen molar-refractivity contribution in [2.24, 2.45) is 5.92 Å². The Hall–Kier alpha value is -0.650. The third kappa shape index (κ3) is 4.06. The van der Waals surface area contributed by atoms with E-state index in [1.165, 1.54) is 0 Å². The van der Waals surface area contributed by atoms with Crippen LogP contribution in [0.1, 0.15) is 52.0 Å². The molecular weight excluding hydrogens is 385 g/mol. The number of rotatable bonds is 5. The lowest BCUT2D eigenvalue weighted by molar-refractivity contribution is -0.128. The molecule has 1 aromatic rings. The Morgan fingerprint density at radius 1 is 1.19 bits per heavy atom. The van der Waals surface area contributed by atoms with E-state index in [0.717, 1.165) is 44.3 Å². The van der Waals surface area contributed by atoms with Crippen molar-refractivity contribution in [3.8, 4) is 0 Å².